The third-order valence-electron chi connectivity index (χ3n) is 4.30. The summed E-state index contributed by atoms with van der Waals surface area (Å²) in [6.45, 7) is 2.80. The van der Waals surface area contributed by atoms with Crippen molar-refractivity contribution in [3.05, 3.63) is 29.8 Å². The van der Waals surface area contributed by atoms with Gasteiger partial charge in [0.05, 0.1) is 12.1 Å². The molecular formula is C17H25NO2. The molecule has 1 aromatic carbocycles. The monoisotopic (exact) mass is 275 g/mol. The molecule has 0 atom stereocenters. The van der Waals surface area contributed by atoms with Crippen LogP contribution in [0.1, 0.15) is 49.4 Å². The maximum atomic E-state index is 12.9. The summed E-state index contributed by atoms with van der Waals surface area (Å²) in [6, 6.07) is 7.61. The fourth-order valence-electron chi connectivity index (χ4n) is 3.03. The van der Waals surface area contributed by atoms with Gasteiger partial charge in [0.1, 0.15) is 5.75 Å². The molecule has 1 aliphatic carbocycles. The van der Waals surface area contributed by atoms with Crippen LogP contribution in [0.3, 0.4) is 0 Å². The standard InChI is InChI=1S/C17H25NO2/c1-4-13-20-15-9-7-14(8-10-15)16(19)17(18(2)3)11-5-6-12-17/h7-10H,4-6,11-13H2,1-3H3. The Bertz CT molecular complexity index is 445. The summed E-state index contributed by atoms with van der Waals surface area (Å²) in [7, 11) is 4.03. The van der Waals surface area contributed by atoms with E-state index in [2.05, 4.69) is 11.8 Å². The van der Waals surface area contributed by atoms with E-state index in [-0.39, 0.29) is 11.3 Å². The van der Waals surface area contributed by atoms with Crippen LogP contribution < -0.4 is 4.74 Å². The number of carbonyl (C=O) groups excluding carboxylic acids is 1. The minimum Gasteiger partial charge on any atom is -0.494 e. The fraction of sp³-hybridized carbons (Fsp3) is 0.588. The molecule has 1 fully saturated rings. The molecule has 0 radical (unpaired) electrons. The number of rotatable bonds is 6. The molecule has 0 amide bonds. The van der Waals surface area contributed by atoms with Crippen molar-refractivity contribution in [3.8, 4) is 5.75 Å². The first kappa shape index (κ1) is 15.0. The second-order valence-corrected chi connectivity index (χ2v) is 5.84. The fourth-order valence-corrected chi connectivity index (χ4v) is 3.03. The average Bonchev–Trinajstić information content (AvgIpc) is 2.96. The Kier molecular flexibility index (Phi) is 4.81. The molecule has 3 nitrogen and oxygen atoms in total. The average molecular weight is 275 g/mol. The molecule has 0 heterocycles. The molecular weight excluding hydrogens is 250 g/mol. The summed E-state index contributed by atoms with van der Waals surface area (Å²) >= 11 is 0. The highest BCUT2D eigenvalue weighted by molar-refractivity contribution is 6.03. The highest BCUT2D eigenvalue weighted by atomic mass is 16.5. The van der Waals surface area contributed by atoms with Crippen LogP contribution in [-0.2, 0) is 0 Å². The van der Waals surface area contributed by atoms with E-state index in [1.807, 2.05) is 38.4 Å². The summed E-state index contributed by atoms with van der Waals surface area (Å²) in [5.74, 6) is 1.09. The van der Waals surface area contributed by atoms with Crippen molar-refractivity contribution < 1.29 is 9.53 Å². The van der Waals surface area contributed by atoms with Gasteiger partial charge in [-0.15, -0.1) is 0 Å². The number of hydrogen-bond donors (Lipinski definition) is 0. The Labute approximate surface area is 121 Å². The molecule has 3 heteroatoms. The van der Waals surface area contributed by atoms with Gasteiger partial charge in [0.15, 0.2) is 5.78 Å². The number of ketones is 1. The van der Waals surface area contributed by atoms with Crippen LogP contribution in [0, 0.1) is 0 Å². The van der Waals surface area contributed by atoms with Crippen LogP contribution in [0.25, 0.3) is 0 Å². The third kappa shape index (κ3) is 2.88. The SMILES string of the molecule is CCCOc1ccc(C(=O)C2(N(C)C)CCCC2)cc1. The lowest BCUT2D eigenvalue weighted by Gasteiger charge is -2.34. The molecule has 1 aromatic rings. The summed E-state index contributed by atoms with van der Waals surface area (Å²) in [5, 5.41) is 0. The third-order valence-corrected chi connectivity index (χ3v) is 4.30. The van der Waals surface area contributed by atoms with Crippen LogP contribution in [0.15, 0.2) is 24.3 Å². The minimum atomic E-state index is -0.300. The topological polar surface area (TPSA) is 29.5 Å². The number of Topliss-reactive ketones (excluding diaryl/α,β-unsaturated/α-hetero) is 1. The summed E-state index contributed by atoms with van der Waals surface area (Å²) < 4.78 is 5.57. The van der Waals surface area contributed by atoms with Crippen molar-refractivity contribution in [2.75, 3.05) is 20.7 Å². The molecule has 110 valence electrons. The summed E-state index contributed by atoms with van der Waals surface area (Å²) in [5.41, 5.74) is 0.496. The first-order chi connectivity index (χ1) is 9.60. The predicted molar refractivity (Wildman–Crippen MR) is 81.4 cm³/mol. The Morgan fingerprint density at radius 1 is 1.20 bits per heavy atom. The molecule has 0 aromatic heterocycles. The van der Waals surface area contributed by atoms with Gasteiger partial charge in [-0.1, -0.05) is 19.8 Å². The van der Waals surface area contributed by atoms with Crippen molar-refractivity contribution in [2.24, 2.45) is 0 Å². The highest BCUT2D eigenvalue weighted by Crippen LogP contribution is 2.36. The maximum absolute atomic E-state index is 12.9. The summed E-state index contributed by atoms with van der Waals surface area (Å²) in [6.07, 6.45) is 5.20. The van der Waals surface area contributed by atoms with E-state index in [1.54, 1.807) is 0 Å². The zero-order valence-electron chi connectivity index (χ0n) is 12.8. The maximum Gasteiger partial charge on any atom is 0.183 e. The lowest BCUT2D eigenvalue weighted by Crippen LogP contribution is -2.48. The molecule has 0 aliphatic heterocycles. The van der Waals surface area contributed by atoms with Gasteiger partial charge in [-0.3, -0.25) is 9.69 Å². The lowest BCUT2D eigenvalue weighted by molar-refractivity contribution is 0.0693. The van der Waals surface area contributed by atoms with Crippen LogP contribution in [-0.4, -0.2) is 36.9 Å². The predicted octanol–water partition coefficient (Wildman–Crippen LogP) is 3.53. The number of nitrogens with zero attached hydrogens (tertiary/aromatic N) is 1. The van der Waals surface area contributed by atoms with Gasteiger partial charge in [-0.2, -0.15) is 0 Å². The first-order valence-corrected chi connectivity index (χ1v) is 7.55. The van der Waals surface area contributed by atoms with Gasteiger partial charge in [-0.25, -0.2) is 0 Å². The zero-order valence-corrected chi connectivity index (χ0v) is 12.8. The molecule has 20 heavy (non-hydrogen) atoms. The largest absolute Gasteiger partial charge is 0.494 e. The zero-order chi connectivity index (χ0) is 14.6. The number of benzene rings is 1. The Morgan fingerprint density at radius 2 is 1.80 bits per heavy atom. The lowest BCUT2D eigenvalue weighted by atomic mass is 9.86. The van der Waals surface area contributed by atoms with Crippen LogP contribution in [0.4, 0.5) is 0 Å². The number of carbonyl (C=O) groups is 1. The van der Waals surface area contributed by atoms with Crippen molar-refractivity contribution >= 4 is 5.78 Å². The van der Waals surface area contributed by atoms with Crippen LogP contribution in [0.5, 0.6) is 5.75 Å². The van der Waals surface area contributed by atoms with Gasteiger partial charge in [0.25, 0.3) is 0 Å². The quantitative estimate of drug-likeness (QED) is 0.744. The second kappa shape index (κ2) is 6.40. The van der Waals surface area contributed by atoms with Gasteiger partial charge in [0, 0.05) is 5.56 Å². The molecule has 1 aliphatic rings. The van der Waals surface area contributed by atoms with E-state index in [1.165, 1.54) is 0 Å². The molecule has 0 N–H and O–H groups in total. The Morgan fingerprint density at radius 3 is 2.30 bits per heavy atom. The Hall–Kier alpha value is -1.35. The molecule has 0 bridgehead atoms. The van der Waals surface area contributed by atoms with E-state index in [4.69, 9.17) is 4.74 Å². The smallest absolute Gasteiger partial charge is 0.183 e. The van der Waals surface area contributed by atoms with Crippen molar-refractivity contribution in [1.82, 2.24) is 4.90 Å². The van der Waals surface area contributed by atoms with Gasteiger partial charge in [-0.05, 0) is 57.6 Å². The van der Waals surface area contributed by atoms with E-state index in [0.29, 0.717) is 0 Å². The van der Waals surface area contributed by atoms with Gasteiger partial charge >= 0.3 is 0 Å². The van der Waals surface area contributed by atoms with E-state index in [0.717, 1.165) is 50.0 Å². The van der Waals surface area contributed by atoms with Crippen molar-refractivity contribution in [1.29, 1.82) is 0 Å². The molecule has 0 saturated heterocycles. The van der Waals surface area contributed by atoms with E-state index < -0.39 is 0 Å². The van der Waals surface area contributed by atoms with Crippen molar-refractivity contribution in [3.63, 3.8) is 0 Å². The van der Waals surface area contributed by atoms with E-state index in [9.17, 15) is 4.79 Å². The molecule has 1 saturated carbocycles. The number of likely N-dealkylation sites (N-methyl/N-ethyl adjacent to an activating group) is 1. The number of hydrogen-bond acceptors (Lipinski definition) is 3. The van der Waals surface area contributed by atoms with E-state index >= 15 is 0 Å². The normalized spacial score (nSPS) is 17.4. The van der Waals surface area contributed by atoms with Crippen molar-refractivity contribution in [2.45, 2.75) is 44.6 Å². The minimum absolute atomic E-state index is 0.252. The second-order valence-electron chi connectivity index (χ2n) is 5.84. The highest BCUT2D eigenvalue weighted by Gasteiger charge is 2.43. The summed E-state index contributed by atoms with van der Waals surface area (Å²) in [4.78, 5) is 15.0. The van der Waals surface area contributed by atoms with Crippen LogP contribution >= 0.6 is 0 Å². The molecule has 0 unspecified atom stereocenters. The molecule has 2 rings (SSSR count). The Balaban J connectivity index is 2.16. The molecule has 0 spiro atoms. The van der Waals surface area contributed by atoms with Gasteiger partial charge in [0.2, 0.25) is 0 Å². The van der Waals surface area contributed by atoms with Gasteiger partial charge < -0.3 is 4.74 Å². The van der Waals surface area contributed by atoms with Crippen LogP contribution in [0.2, 0.25) is 0 Å². The first-order valence-electron chi connectivity index (χ1n) is 7.55. The number of ether oxygens (including phenoxy) is 1.